The number of allylic oxidation sites excluding steroid dienone is 6. The molecule has 0 radical (unpaired) electrons. The molecule has 1 aromatic heterocycles. The van der Waals surface area contributed by atoms with Gasteiger partial charge in [-0.2, -0.15) is 13.2 Å². The third-order valence-electron chi connectivity index (χ3n) is 2.96. The van der Waals surface area contributed by atoms with Crippen LogP contribution in [0.2, 0.25) is 0 Å². The van der Waals surface area contributed by atoms with Crippen molar-refractivity contribution in [3.63, 3.8) is 0 Å². The Morgan fingerprint density at radius 1 is 1.24 bits per heavy atom. The van der Waals surface area contributed by atoms with Crippen LogP contribution >= 0.6 is 15.9 Å². The van der Waals surface area contributed by atoms with Gasteiger partial charge in [-0.1, -0.05) is 40.7 Å². The summed E-state index contributed by atoms with van der Waals surface area (Å²) in [5.74, 6) is 0.375. The van der Waals surface area contributed by atoms with Crippen LogP contribution in [0.5, 0.6) is 0 Å². The maximum atomic E-state index is 12.4. The van der Waals surface area contributed by atoms with E-state index in [4.69, 9.17) is 4.42 Å². The summed E-state index contributed by atoms with van der Waals surface area (Å²) in [4.78, 5) is 4.28. The average molecular weight is 410 g/mol. The van der Waals surface area contributed by atoms with Crippen LogP contribution in [0.3, 0.4) is 0 Å². The molecule has 130 valence electrons. The molecule has 0 unspecified atom stereocenters. The van der Waals surface area contributed by atoms with E-state index >= 15 is 0 Å². The summed E-state index contributed by atoms with van der Waals surface area (Å²) in [7, 11) is 0. The van der Waals surface area contributed by atoms with Gasteiger partial charge in [-0.05, 0) is 36.8 Å². The van der Waals surface area contributed by atoms with Gasteiger partial charge in [0.25, 0.3) is 0 Å². The van der Waals surface area contributed by atoms with Gasteiger partial charge in [-0.3, -0.25) is 0 Å². The molecule has 0 aliphatic rings. The monoisotopic (exact) mass is 409 g/mol. The second kappa shape index (κ2) is 9.09. The molecular formula is C19H15BrF3NO. The molecule has 1 aromatic carbocycles. The third-order valence-corrected chi connectivity index (χ3v) is 3.45. The number of terminal acetylenes is 1. The van der Waals surface area contributed by atoms with Crippen molar-refractivity contribution in [2.24, 2.45) is 0 Å². The zero-order valence-corrected chi connectivity index (χ0v) is 14.9. The molecule has 2 rings (SSSR count). The fourth-order valence-corrected chi connectivity index (χ4v) is 2.05. The minimum atomic E-state index is -4.42. The summed E-state index contributed by atoms with van der Waals surface area (Å²) < 4.78 is 43.6. The molecule has 0 fully saturated rings. The van der Waals surface area contributed by atoms with Gasteiger partial charge in [0, 0.05) is 16.1 Å². The van der Waals surface area contributed by atoms with Crippen molar-refractivity contribution >= 4 is 33.1 Å². The number of rotatable bonds is 4. The second-order valence-corrected chi connectivity index (χ2v) is 5.56. The first-order chi connectivity index (χ1) is 11.8. The van der Waals surface area contributed by atoms with Crippen LogP contribution in [0, 0.1) is 12.8 Å². The number of halogens is 4. The summed E-state index contributed by atoms with van der Waals surface area (Å²) in [6.45, 7) is 4.71. The summed E-state index contributed by atoms with van der Waals surface area (Å²) in [6, 6.07) is 5.44. The van der Waals surface area contributed by atoms with E-state index in [2.05, 4.69) is 40.3 Å². The zero-order chi connectivity index (χ0) is 19.0. The molecule has 0 spiro atoms. The van der Waals surface area contributed by atoms with Crippen molar-refractivity contribution in [2.75, 3.05) is 0 Å². The fourth-order valence-electron chi connectivity index (χ4n) is 1.70. The number of alkyl halides is 3. The van der Waals surface area contributed by atoms with Gasteiger partial charge in [-0.25, -0.2) is 4.98 Å². The second-order valence-electron chi connectivity index (χ2n) is 4.64. The van der Waals surface area contributed by atoms with Crippen LogP contribution in [-0.2, 0) is 0 Å². The highest BCUT2D eigenvalue weighted by Crippen LogP contribution is 2.25. The lowest BCUT2D eigenvalue weighted by Crippen LogP contribution is -2.08. The van der Waals surface area contributed by atoms with E-state index in [1.54, 1.807) is 31.2 Å². The van der Waals surface area contributed by atoms with Crippen LogP contribution in [0.4, 0.5) is 13.2 Å². The lowest BCUT2D eigenvalue weighted by atomic mass is 10.1. The fraction of sp³-hybridized carbons (Fsp3) is 0.105. The molecule has 2 nitrogen and oxygen atoms in total. The van der Waals surface area contributed by atoms with Crippen LogP contribution < -0.4 is 0 Å². The molecule has 0 saturated heterocycles. The quantitative estimate of drug-likeness (QED) is 0.426. The molecule has 6 heteroatoms. The molecule has 0 aliphatic carbocycles. The van der Waals surface area contributed by atoms with Gasteiger partial charge in [0.1, 0.15) is 5.52 Å². The number of benzene rings is 1. The Hall–Kier alpha value is -2.52. The highest BCUT2D eigenvalue weighted by atomic mass is 79.9. The van der Waals surface area contributed by atoms with E-state index < -0.39 is 11.7 Å². The van der Waals surface area contributed by atoms with Gasteiger partial charge in [-0.15, -0.1) is 12.8 Å². The van der Waals surface area contributed by atoms with E-state index in [0.29, 0.717) is 22.6 Å². The van der Waals surface area contributed by atoms with Crippen LogP contribution in [0.25, 0.3) is 17.2 Å². The molecule has 2 aromatic rings. The van der Waals surface area contributed by atoms with E-state index in [0.717, 1.165) is 10.5 Å². The number of hydrogen-bond donors (Lipinski definition) is 0. The SMILES string of the molecule is C#C.C=C(\C=C/C(/C=C/c1nc2cc(Br)ccc2o1)=C\C)C(F)(F)F. The summed E-state index contributed by atoms with van der Waals surface area (Å²) in [5, 5.41) is 0. The van der Waals surface area contributed by atoms with Crippen LogP contribution in [0.1, 0.15) is 12.8 Å². The first-order valence-corrected chi connectivity index (χ1v) is 7.77. The predicted octanol–water partition coefficient (Wildman–Crippen LogP) is 6.47. The van der Waals surface area contributed by atoms with Crippen molar-refractivity contribution in [3.8, 4) is 12.8 Å². The maximum Gasteiger partial charge on any atom is 0.415 e. The normalized spacial score (nSPS) is 12.5. The Labute approximate surface area is 152 Å². The molecule has 0 aliphatic heterocycles. The third kappa shape index (κ3) is 6.12. The van der Waals surface area contributed by atoms with Crippen molar-refractivity contribution < 1.29 is 17.6 Å². The zero-order valence-electron chi connectivity index (χ0n) is 13.3. The summed E-state index contributed by atoms with van der Waals surface area (Å²) in [6.07, 6.45) is 10.8. The molecular weight excluding hydrogens is 395 g/mol. The molecule has 0 saturated carbocycles. The first-order valence-electron chi connectivity index (χ1n) is 6.97. The highest BCUT2D eigenvalue weighted by Gasteiger charge is 2.29. The van der Waals surface area contributed by atoms with E-state index in [9.17, 15) is 13.2 Å². The Morgan fingerprint density at radius 2 is 1.92 bits per heavy atom. The Bertz CT molecular complexity index is 854. The number of fused-ring (bicyclic) bond motifs is 1. The predicted molar refractivity (Wildman–Crippen MR) is 98.7 cm³/mol. The lowest BCUT2D eigenvalue weighted by molar-refractivity contribution is -0.0878. The van der Waals surface area contributed by atoms with Crippen molar-refractivity contribution in [1.29, 1.82) is 0 Å². The molecule has 0 amide bonds. The van der Waals surface area contributed by atoms with Gasteiger partial charge in [0.2, 0.25) is 5.89 Å². The number of hydrogen-bond acceptors (Lipinski definition) is 2. The maximum absolute atomic E-state index is 12.4. The van der Waals surface area contributed by atoms with Crippen molar-refractivity contribution in [1.82, 2.24) is 4.98 Å². The van der Waals surface area contributed by atoms with Gasteiger partial charge in [0.15, 0.2) is 5.58 Å². The Balaban J connectivity index is 0.00000151. The Morgan fingerprint density at radius 3 is 2.52 bits per heavy atom. The lowest BCUT2D eigenvalue weighted by Gasteiger charge is -2.04. The highest BCUT2D eigenvalue weighted by molar-refractivity contribution is 9.10. The number of aromatic nitrogens is 1. The summed E-state index contributed by atoms with van der Waals surface area (Å²) >= 11 is 3.35. The van der Waals surface area contributed by atoms with E-state index in [1.165, 1.54) is 6.08 Å². The Kier molecular flexibility index (Phi) is 7.46. The molecule has 0 N–H and O–H groups in total. The topological polar surface area (TPSA) is 26.0 Å². The summed E-state index contributed by atoms with van der Waals surface area (Å²) in [5.41, 5.74) is 1.01. The average Bonchev–Trinajstić information content (AvgIpc) is 2.97. The molecule has 0 atom stereocenters. The minimum Gasteiger partial charge on any atom is -0.437 e. The largest absolute Gasteiger partial charge is 0.437 e. The minimum absolute atomic E-state index is 0.375. The van der Waals surface area contributed by atoms with E-state index in [1.807, 2.05) is 12.1 Å². The van der Waals surface area contributed by atoms with Gasteiger partial charge < -0.3 is 4.42 Å². The van der Waals surface area contributed by atoms with Crippen molar-refractivity contribution in [2.45, 2.75) is 13.1 Å². The van der Waals surface area contributed by atoms with Crippen LogP contribution in [0.15, 0.2) is 69.1 Å². The standard InChI is InChI=1S/C17H13BrF3NO.C2H2/c1-3-12(5-4-11(2)17(19,20)21)6-9-16-22-14-10-13(18)7-8-15(14)23-16;1-2/h3-10H,2H2,1H3;1-2H/b5-4-,9-6+,12-3+;. The van der Waals surface area contributed by atoms with Gasteiger partial charge >= 0.3 is 6.18 Å². The smallest absolute Gasteiger partial charge is 0.415 e. The molecule has 0 bridgehead atoms. The van der Waals surface area contributed by atoms with E-state index in [-0.39, 0.29) is 0 Å². The van der Waals surface area contributed by atoms with Crippen LogP contribution in [-0.4, -0.2) is 11.2 Å². The molecule has 25 heavy (non-hydrogen) atoms. The molecule has 1 heterocycles. The van der Waals surface area contributed by atoms with Crippen molar-refractivity contribution in [3.05, 3.63) is 70.6 Å². The number of oxazole rings is 1. The first kappa shape index (κ1) is 20.5. The number of nitrogens with zero attached hydrogens (tertiary/aromatic N) is 1. The van der Waals surface area contributed by atoms with Gasteiger partial charge in [0.05, 0.1) is 0 Å².